The van der Waals surface area contributed by atoms with E-state index in [1.165, 1.54) is 13.2 Å². The number of amides is 1. The van der Waals surface area contributed by atoms with Crippen molar-refractivity contribution in [2.75, 3.05) is 12.4 Å². The predicted octanol–water partition coefficient (Wildman–Crippen LogP) is 1.52. The van der Waals surface area contributed by atoms with Crippen molar-refractivity contribution in [3.63, 3.8) is 0 Å². The molecule has 1 aromatic rings. The number of methoxy groups -OCH3 is 1. The quantitative estimate of drug-likeness (QED) is 0.388. The summed E-state index contributed by atoms with van der Waals surface area (Å²) >= 11 is 0. The maximum Gasteiger partial charge on any atom is 0.339 e. The number of nitrogens with one attached hydrogen (secondary N) is 2. The molecule has 0 aromatic heterocycles. The number of carboxylic acid groups (broad SMARTS) is 1. The highest BCUT2D eigenvalue weighted by Gasteiger charge is 2.25. The van der Waals surface area contributed by atoms with Crippen LogP contribution in [0.5, 0.6) is 0 Å². The van der Waals surface area contributed by atoms with Crippen LogP contribution in [0.3, 0.4) is 0 Å². The summed E-state index contributed by atoms with van der Waals surface area (Å²) < 4.78 is 4.65. The molecule has 132 valence electrons. The molecule has 1 unspecified atom stereocenters. The van der Waals surface area contributed by atoms with Crippen molar-refractivity contribution >= 4 is 23.5 Å². The Hall–Kier alpha value is -3.34. The predicted molar refractivity (Wildman–Crippen MR) is 89.5 cm³/mol. The van der Waals surface area contributed by atoms with Gasteiger partial charge in [0.05, 0.1) is 18.4 Å². The second-order valence-electron chi connectivity index (χ2n) is 5.38. The van der Waals surface area contributed by atoms with E-state index >= 15 is 0 Å². The molecule has 0 radical (unpaired) electrons. The van der Waals surface area contributed by atoms with E-state index in [0.29, 0.717) is 5.69 Å². The third kappa shape index (κ3) is 5.35. The topological polar surface area (TPSA) is 129 Å². The SMILES string of the molecule is COC(=O)c1ccccc1N/C=C(/C#N)C(=O)NC(C(=O)O)C(C)C. The van der Waals surface area contributed by atoms with Gasteiger partial charge in [-0.3, -0.25) is 4.79 Å². The van der Waals surface area contributed by atoms with Crippen LogP contribution >= 0.6 is 0 Å². The summed E-state index contributed by atoms with van der Waals surface area (Å²) in [5.74, 6) is -2.95. The Balaban J connectivity index is 2.98. The Kier molecular flexibility index (Phi) is 7.16. The second kappa shape index (κ2) is 9.08. The van der Waals surface area contributed by atoms with E-state index in [9.17, 15) is 14.4 Å². The van der Waals surface area contributed by atoms with Gasteiger partial charge >= 0.3 is 11.9 Å². The lowest BCUT2D eigenvalue weighted by Crippen LogP contribution is -2.44. The minimum absolute atomic E-state index is 0.226. The number of hydrogen-bond acceptors (Lipinski definition) is 6. The molecule has 0 aliphatic heterocycles. The van der Waals surface area contributed by atoms with E-state index in [2.05, 4.69) is 15.4 Å². The number of aliphatic carboxylic acids is 1. The molecule has 8 heteroatoms. The first-order chi connectivity index (χ1) is 11.8. The van der Waals surface area contributed by atoms with Crippen LogP contribution in [0.25, 0.3) is 0 Å². The fourth-order valence-electron chi connectivity index (χ4n) is 1.93. The zero-order chi connectivity index (χ0) is 19.0. The van der Waals surface area contributed by atoms with E-state index in [-0.39, 0.29) is 17.1 Å². The Morgan fingerprint density at radius 2 is 1.92 bits per heavy atom. The molecule has 0 aliphatic rings. The van der Waals surface area contributed by atoms with Crippen LogP contribution < -0.4 is 10.6 Å². The Bertz CT molecular complexity index is 734. The van der Waals surface area contributed by atoms with Crippen molar-refractivity contribution in [3.05, 3.63) is 41.6 Å². The zero-order valence-electron chi connectivity index (χ0n) is 14.1. The average Bonchev–Trinajstić information content (AvgIpc) is 2.59. The standard InChI is InChI=1S/C17H19N3O5/c1-10(2)14(16(22)23)20-15(21)11(8-18)9-19-13-7-5-4-6-12(13)17(24)25-3/h4-7,9-10,14,19H,1-3H3,(H,20,21)(H,22,23)/b11-9-. The number of hydrogen-bond donors (Lipinski definition) is 3. The lowest BCUT2D eigenvalue weighted by atomic mass is 10.0. The molecular formula is C17H19N3O5. The third-order valence-corrected chi connectivity index (χ3v) is 3.29. The van der Waals surface area contributed by atoms with Gasteiger partial charge in [0.15, 0.2) is 0 Å². The molecule has 0 aliphatic carbocycles. The summed E-state index contributed by atoms with van der Waals surface area (Å²) in [7, 11) is 1.24. The van der Waals surface area contributed by atoms with Crippen molar-refractivity contribution in [2.24, 2.45) is 5.92 Å². The minimum atomic E-state index is -1.19. The highest BCUT2D eigenvalue weighted by Crippen LogP contribution is 2.16. The van der Waals surface area contributed by atoms with Crippen molar-refractivity contribution in [2.45, 2.75) is 19.9 Å². The molecule has 0 fully saturated rings. The van der Waals surface area contributed by atoms with Crippen molar-refractivity contribution in [1.29, 1.82) is 5.26 Å². The van der Waals surface area contributed by atoms with E-state index in [0.717, 1.165) is 6.20 Å². The first kappa shape index (κ1) is 19.7. The summed E-state index contributed by atoms with van der Waals surface area (Å²) in [4.78, 5) is 34.9. The summed E-state index contributed by atoms with van der Waals surface area (Å²) in [6.45, 7) is 3.28. The number of para-hydroxylation sites is 1. The van der Waals surface area contributed by atoms with Crippen LogP contribution in [-0.2, 0) is 14.3 Å². The van der Waals surface area contributed by atoms with Crippen molar-refractivity contribution in [3.8, 4) is 6.07 Å². The maximum absolute atomic E-state index is 12.1. The van der Waals surface area contributed by atoms with Crippen LogP contribution in [0.15, 0.2) is 36.0 Å². The van der Waals surface area contributed by atoms with Crippen molar-refractivity contribution in [1.82, 2.24) is 5.32 Å². The van der Waals surface area contributed by atoms with Crippen LogP contribution in [0.2, 0.25) is 0 Å². The molecule has 0 saturated carbocycles. The minimum Gasteiger partial charge on any atom is -0.480 e. The van der Waals surface area contributed by atoms with Gasteiger partial charge in [-0.05, 0) is 18.1 Å². The van der Waals surface area contributed by atoms with E-state index in [1.54, 1.807) is 38.1 Å². The van der Waals surface area contributed by atoms with Gasteiger partial charge < -0.3 is 20.5 Å². The fourth-order valence-corrected chi connectivity index (χ4v) is 1.93. The summed E-state index contributed by atoms with van der Waals surface area (Å²) in [5, 5.41) is 23.2. The lowest BCUT2D eigenvalue weighted by molar-refractivity contribution is -0.142. The number of ether oxygens (including phenoxy) is 1. The maximum atomic E-state index is 12.1. The zero-order valence-corrected chi connectivity index (χ0v) is 14.1. The number of esters is 1. The van der Waals surface area contributed by atoms with Crippen LogP contribution in [0.4, 0.5) is 5.69 Å². The number of benzene rings is 1. The molecular weight excluding hydrogens is 326 g/mol. The highest BCUT2D eigenvalue weighted by molar-refractivity contribution is 6.00. The van der Waals surface area contributed by atoms with Crippen LogP contribution in [0.1, 0.15) is 24.2 Å². The molecule has 0 bridgehead atoms. The monoisotopic (exact) mass is 345 g/mol. The van der Waals surface area contributed by atoms with Gasteiger partial charge in [0.1, 0.15) is 17.7 Å². The van der Waals surface area contributed by atoms with Crippen LogP contribution in [0, 0.1) is 17.2 Å². The smallest absolute Gasteiger partial charge is 0.339 e. The Morgan fingerprint density at radius 1 is 1.28 bits per heavy atom. The molecule has 3 N–H and O–H groups in total. The van der Waals surface area contributed by atoms with Gasteiger partial charge in [-0.25, -0.2) is 9.59 Å². The van der Waals surface area contributed by atoms with Crippen molar-refractivity contribution < 1.29 is 24.2 Å². The summed E-state index contributed by atoms with van der Waals surface area (Å²) in [5.41, 5.74) is 0.240. The number of nitriles is 1. The number of nitrogens with zero attached hydrogens (tertiary/aromatic N) is 1. The molecule has 0 saturated heterocycles. The normalized spacial score (nSPS) is 12.0. The molecule has 25 heavy (non-hydrogen) atoms. The van der Waals surface area contributed by atoms with Gasteiger partial charge in [0.2, 0.25) is 0 Å². The van der Waals surface area contributed by atoms with Gasteiger partial charge in [-0.1, -0.05) is 26.0 Å². The van der Waals surface area contributed by atoms with Gasteiger partial charge in [0, 0.05) is 6.20 Å². The van der Waals surface area contributed by atoms with Gasteiger partial charge in [-0.2, -0.15) is 5.26 Å². The third-order valence-electron chi connectivity index (χ3n) is 3.29. The first-order valence-corrected chi connectivity index (χ1v) is 7.39. The second-order valence-corrected chi connectivity index (χ2v) is 5.38. The Morgan fingerprint density at radius 3 is 2.44 bits per heavy atom. The molecule has 1 rings (SSSR count). The number of rotatable bonds is 7. The first-order valence-electron chi connectivity index (χ1n) is 7.39. The molecule has 0 spiro atoms. The molecule has 0 heterocycles. The van der Waals surface area contributed by atoms with Crippen LogP contribution in [-0.4, -0.2) is 36.1 Å². The van der Waals surface area contributed by atoms with Gasteiger partial charge in [-0.15, -0.1) is 0 Å². The summed E-state index contributed by atoms with van der Waals surface area (Å²) in [6.07, 6.45) is 1.11. The van der Waals surface area contributed by atoms with E-state index in [1.807, 2.05) is 0 Å². The highest BCUT2D eigenvalue weighted by atomic mass is 16.5. The number of carboxylic acids is 1. The molecule has 8 nitrogen and oxygen atoms in total. The average molecular weight is 345 g/mol. The van der Waals surface area contributed by atoms with Gasteiger partial charge in [0.25, 0.3) is 5.91 Å². The molecule has 1 amide bonds. The van der Waals surface area contributed by atoms with E-state index < -0.39 is 23.9 Å². The number of carbonyl (C=O) groups excluding carboxylic acids is 2. The fraction of sp³-hybridized carbons (Fsp3) is 0.294. The lowest BCUT2D eigenvalue weighted by Gasteiger charge is -2.17. The largest absolute Gasteiger partial charge is 0.480 e. The number of carbonyl (C=O) groups is 3. The molecule has 1 aromatic carbocycles. The summed E-state index contributed by atoms with van der Waals surface area (Å²) in [6, 6.07) is 6.97. The number of anilines is 1. The molecule has 1 atom stereocenters. The Labute approximate surface area is 145 Å². The van der Waals surface area contributed by atoms with E-state index in [4.69, 9.17) is 10.4 Å².